The summed E-state index contributed by atoms with van der Waals surface area (Å²) < 4.78 is 0. The van der Waals surface area contributed by atoms with E-state index in [2.05, 4.69) is 7.85 Å². The highest BCUT2D eigenvalue weighted by atomic mass is 14.5. The molecule has 0 aromatic carbocycles. The molecule has 0 aromatic rings. The second kappa shape index (κ2) is 1.86. The van der Waals surface area contributed by atoms with Crippen molar-refractivity contribution in [3.05, 3.63) is 0 Å². The SMILES string of the molecule is BC12CC3CC(CC(C3)C1)C2. The van der Waals surface area contributed by atoms with E-state index in [9.17, 15) is 0 Å². The summed E-state index contributed by atoms with van der Waals surface area (Å²) in [4.78, 5) is 0. The van der Waals surface area contributed by atoms with Crippen LogP contribution in [0.4, 0.5) is 0 Å². The van der Waals surface area contributed by atoms with Gasteiger partial charge in [-0.2, -0.15) is 0 Å². The first-order valence-corrected chi connectivity index (χ1v) is 5.23. The third-order valence-corrected chi connectivity index (χ3v) is 4.34. The first-order valence-electron chi connectivity index (χ1n) is 5.23. The van der Waals surface area contributed by atoms with E-state index < -0.39 is 0 Å². The topological polar surface area (TPSA) is 0 Å². The van der Waals surface area contributed by atoms with Crippen molar-refractivity contribution in [2.75, 3.05) is 0 Å². The Bertz CT molecular complexity index is 150. The Morgan fingerprint density at radius 3 is 1.45 bits per heavy atom. The Hall–Kier alpha value is 0.0649. The third-order valence-electron chi connectivity index (χ3n) is 4.34. The van der Waals surface area contributed by atoms with E-state index in [4.69, 9.17) is 0 Å². The predicted octanol–water partition coefficient (Wildman–Crippen LogP) is 2.01. The molecule has 0 nitrogen and oxygen atoms in total. The average molecular weight is 148 g/mol. The molecule has 0 unspecified atom stereocenters. The molecule has 0 heterocycles. The van der Waals surface area contributed by atoms with Gasteiger partial charge < -0.3 is 0 Å². The molecule has 4 bridgehead atoms. The lowest BCUT2D eigenvalue weighted by Crippen LogP contribution is -2.42. The van der Waals surface area contributed by atoms with Crippen LogP contribution < -0.4 is 0 Å². The minimum atomic E-state index is 0.800. The molecule has 4 saturated carbocycles. The maximum absolute atomic E-state index is 2.54. The predicted molar refractivity (Wildman–Crippen MR) is 49.4 cm³/mol. The van der Waals surface area contributed by atoms with Crippen molar-refractivity contribution in [1.29, 1.82) is 0 Å². The van der Waals surface area contributed by atoms with E-state index in [0.717, 1.165) is 23.1 Å². The van der Waals surface area contributed by atoms with Crippen molar-refractivity contribution in [2.24, 2.45) is 17.8 Å². The summed E-state index contributed by atoms with van der Waals surface area (Å²) in [5.74, 6) is 3.43. The molecule has 0 saturated heterocycles. The van der Waals surface area contributed by atoms with Crippen LogP contribution in [-0.2, 0) is 0 Å². The Labute approximate surface area is 70.2 Å². The van der Waals surface area contributed by atoms with Crippen molar-refractivity contribution in [3.8, 4) is 0 Å². The minimum Gasteiger partial charge on any atom is -0.0577 e. The second-order valence-electron chi connectivity index (χ2n) is 5.73. The molecule has 0 amide bonds. The highest BCUT2D eigenvalue weighted by Gasteiger charge is 2.47. The molecule has 0 aromatic heterocycles. The van der Waals surface area contributed by atoms with Gasteiger partial charge in [0.25, 0.3) is 0 Å². The van der Waals surface area contributed by atoms with Gasteiger partial charge in [0.2, 0.25) is 0 Å². The van der Waals surface area contributed by atoms with Crippen LogP contribution in [0, 0.1) is 17.8 Å². The zero-order valence-electron chi connectivity index (χ0n) is 7.47. The lowest BCUT2D eigenvalue weighted by molar-refractivity contribution is 0.0303. The van der Waals surface area contributed by atoms with Gasteiger partial charge in [-0.15, -0.1) is 0 Å². The Balaban J connectivity index is 1.94. The van der Waals surface area contributed by atoms with Crippen LogP contribution in [0.3, 0.4) is 0 Å². The first-order chi connectivity index (χ1) is 5.23. The van der Waals surface area contributed by atoms with Crippen LogP contribution >= 0.6 is 0 Å². The molecular formula is C10H17B. The van der Waals surface area contributed by atoms with Gasteiger partial charge in [0.05, 0.1) is 0 Å². The Morgan fingerprint density at radius 2 is 1.18 bits per heavy atom. The average Bonchev–Trinajstić information content (AvgIpc) is 1.79. The first kappa shape index (κ1) is 6.57. The van der Waals surface area contributed by atoms with Crippen LogP contribution in [0.1, 0.15) is 38.5 Å². The summed E-state index contributed by atoms with van der Waals surface area (Å²) in [6, 6.07) is 0. The molecule has 11 heavy (non-hydrogen) atoms. The van der Waals surface area contributed by atoms with Crippen LogP contribution in [0.5, 0.6) is 0 Å². The van der Waals surface area contributed by atoms with E-state index >= 15 is 0 Å². The molecule has 0 N–H and O–H groups in total. The van der Waals surface area contributed by atoms with E-state index in [1.165, 1.54) is 0 Å². The molecule has 0 spiro atoms. The summed E-state index contributed by atoms with van der Waals surface area (Å²) >= 11 is 0. The molecule has 4 aliphatic rings. The molecule has 4 fully saturated rings. The van der Waals surface area contributed by atoms with Gasteiger partial charge in [-0.1, -0.05) is 24.6 Å². The zero-order valence-corrected chi connectivity index (χ0v) is 7.47. The summed E-state index contributed by atoms with van der Waals surface area (Å²) in [6.07, 6.45) is 9.48. The molecule has 0 atom stereocenters. The fourth-order valence-electron chi connectivity index (χ4n) is 4.54. The highest BCUT2D eigenvalue weighted by molar-refractivity contribution is 6.15. The van der Waals surface area contributed by atoms with Crippen molar-refractivity contribution >= 4 is 7.85 Å². The molecule has 60 valence electrons. The van der Waals surface area contributed by atoms with E-state index in [0.29, 0.717) is 0 Å². The smallest absolute Gasteiger partial charge is 0.0577 e. The fraction of sp³-hybridized carbons (Fsp3) is 1.00. The van der Waals surface area contributed by atoms with Gasteiger partial charge >= 0.3 is 0 Å². The van der Waals surface area contributed by atoms with Crippen molar-refractivity contribution in [2.45, 2.75) is 43.8 Å². The summed E-state index contributed by atoms with van der Waals surface area (Å²) in [7, 11) is 2.54. The quantitative estimate of drug-likeness (QED) is 0.461. The van der Waals surface area contributed by atoms with Gasteiger partial charge in [-0.05, 0) is 37.0 Å². The van der Waals surface area contributed by atoms with Crippen LogP contribution in [-0.4, -0.2) is 7.85 Å². The largest absolute Gasteiger partial charge is 0.109 e. The number of hydrogen-bond acceptors (Lipinski definition) is 0. The van der Waals surface area contributed by atoms with Crippen LogP contribution in [0.15, 0.2) is 0 Å². The lowest BCUT2D eigenvalue weighted by atomic mass is 9.43. The van der Waals surface area contributed by atoms with Gasteiger partial charge in [-0.25, -0.2) is 0 Å². The van der Waals surface area contributed by atoms with Crippen molar-refractivity contribution in [1.82, 2.24) is 0 Å². The fourth-order valence-corrected chi connectivity index (χ4v) is 4.54. The summed E-state index contributed by atoms with van der Waals surface area (Å²) in [5, 5.41) is 0.800. The monoisotopic (exact) mass is 148 g/mol. The highest BCUT2D eigenvalue weighted by Crippen LogP contribution is 2.62. The minimum absolute atomic E-state index is 0.800. The number of hydrogen-bond donors (Lipinski definition) is 0. The molecule has 1 heteroatoms. The summed E-state index contributed by atoms with van der Waals surface area (Å²) in [6.45, 7) is 0. The van der Waals surface area contributed by atoms with Crippen molar-refractivity contribution in [3.63, 3.8) is 0 Å². The van der Waals surface area contributed by atoms with Gasteiger partial charge in [0.1, 0.15) is 7.85 Å². The van der Waals surface area contributed by atoms with Crippen molar-refractivity contribution < 1.29 is 0 Å². The third kappa shape index (κ3) is 0.894. The maximum atomic E-state index is 2.54. The lowest BCUT2D eigenvalue weighted by Gasteiger charge is -2.55. The normalized spacial score (nSPS) is 60.2. The second-order valence-corrected chi connectivity index (χ2v) is 5.73. The standard InChI is InChI=1S/C10H17B/c11-10-4-7-1-8(5-10)3-9(2-7)6-10/h7-9H,1-6,11H2. The van der Waals surface area contributed by atoms with Gasteiger partial charge in [-0.3, -0.25) is 0 Å². The van der Waals surface area contributed by atoms with E-state index in [-0.39, 0.29) is 0 Å². The van der Waals surface area contributed by atoms with E-state index in [1.54, 1.807) is 38.5 Å². The summed E-state index contributed by atoms with van der Waals surface area (Å²) in [5.41, 5.74) is 0. The van der Waals surface area contributed by atoms with Gasteiger partial charge in [0.15, 0.2) is 0 Å². The van der Waals surface area contributed by atoms with E-state index in [1.807, 2.05) is 0 Å². The molecule has 0 aliphatic heterocycles. The van der Waals surface area contributed by atoms with Crippen LogP contribution in [0.25, 0.3) is 0 Å². The maximum Gasteiger partial charge on any atom is 0.109 e. The Kier molecular flexibility index (Phi) is 1.11. The number of rotatable bonds is 0. The Morgan fingerprint density at radius 1 is 0.818 bits per heavy atom. The molecule has 4 rings (SSSR count). The zero-order chi connectivity index (χ0) is 7.47. The molecule has 4 aliphatic carbocycles. The van der Waals surface area contributed by atoms with Crippen LogP contribution in [0.2, 0.25) is 5.31 Å². The molecule has 0 radical (unpaired) electrons. The molecular weight excluding hydrogens is 131 g/mol. The van der Waals surface area contributed by atoms with Gasteiger partial charge in [0, 0.05) is 0 Å².